The number of piperidine rings is 1. The van der Waals surface area contributed by atoms with Gasteiger partial charge in [-0.3, -0.25) is 9.78 Å². The maximum absolute atomic E-state index is 14.0. The molecule has 1 aromatic carbocycles. The van der Waals surface area contributed by atoms with Crippen LogP contribution in [-0.2, 0) is 4.79 Å². The molecule has 1 aromatic heterocycles. The van der Waals surface area contributed by atoms with E-state index in [4.69, 9.17) is 0 Å². The van der Waals surface area contributed by atoms with Crippen LogP contribution >= 0.6 is 0 Å². The highest BCUT2D eigenvalue weighted by Gasteiger charge is 2.22. The van der Waals surface area contributed by atoms with Crippen molar-refractivity contribution in [1.29, 1.82) is 0 Å². The van der Waals surface area contributed by atoms with Crippen LogP contribution in [0, 0.1) is 17.6 Å². The molecule has 25 heavy (non-hydrogen) atoms. The quantitative estimate of drug-likeness (QED) is 0.898. The number of hydrogen-bond donors (Lipinski definition) is 1. The molecular formula is C19H23F2N3O. The van der Waals surface area contributed by atoms with E-state index >= 15 is 0 Å². The summed E-state index contributed by atoms with van der Waals surface area (Å²) in [5, 5.41) is 3.48. The Labute approximate surface area is 146 Å². The number of benzene rings is 1. The number of nitrogens with one attached hydrogen (secondary N) is 1. The van der Waals surface area contributed by atoms with Crippen LogP contribution in [0.25, 0.3) is 10.9 Å². The second-order valence-electron chi connectivity index (χ2n) is 6.62. The molecule has 0 aliphatic carbocycles. The monoisotopic (exact) mass is 347 g/mol. The number of carbonyl (C=O) groups excluding carboxylic acids is 1. The molecule has 1 aliphatic heterocycles. The fourth-order valence-corrected chi connectivity index (χ4v) is 3.46. The molecular weight excluding hydrogens is 324 g/mol. The molecule has 1 N–H and O–H groups in total. The average molecular weight is 347 g/mol. The lowest BCUT2D eigenvalue weighted by atomic mass is 9.97. The van der Waals surface area contributed by atoms with E-state index in [1.165, 1.54) is 6.07 Å². The van der Waals surface area contributed by atoms with Crippen LogP contribution in [0.3, 0.4) is 0 Å². The van der Waals surface area contributed by atoms with E-state index in [1.807, 2.05) is 6.92 Å². The summed E-state index contributed by atoms with van der Waals surface area (Å²) in [6.45, 7) is 4.20. The van der Waals surface area contributed by atoms with Crippen LogP contribution in [0.4, 0.5) is 14.5 Å². The minimum atomic E-state index is -0.641. The zero-order valence-corrected chi connectivity index (χ0v) is 14.4. The summed E-state index contributed by atoms with van der Waals surface area (Å²) in [6, 6.07) is 4.01. The van der Waals surface area contributed by atoms with Gasteiger partial charge in [-0.2, -0.15) is 0 Å². The predicted molar refractivity (Wildman–Crippen MR) is 94.5 cm³/mol. The highest BCUT2D eigenvalue weighted by molar-refractivity contribution is 5.92. The highest BCUT2D eigenvalue weighted by atomic mass is 19.1. The summed E-state index contributed by atoms with van der Waals surface area (Å²) < 4.78 is 27.7. The number of pyridine rings is 1. The number of aromatic nitrogens is 1. The van der Waals surface area contributed by atoms with Crippen LogP contribution in [0.5, 0.6) is 0 Å². The number of nitrogens with zero attached hydrogens (tertiary/aromatic N) is 2. The predicted octanol–water partition coefficient (Wildman–Crippen LogP) is 3.65. The van der Waals surface area contributed by atoms with E-state index in [0.29, 0.717) is 24.3 Å². The fraction of sp³-hybridized carbons (Fsp3) is 0.474. The number of rotatable bonds is 5. The third-order valence-corrected chi connectivity index (χ3v) is 4.66. The van der Waals surface area contributed by atoms with Gasteiger partial charge in [0, 0.05) is 49.4 Å². The van der Waals surface area contributed by atoms with Gasteiger partial charge in [0.25, 0.3) is 0 Å². The lowest BCUT2D eigenvalue weighted by molar-refractivity contribution is -0.121. The van der Waals surface area contributed by atoms with Gasteiger partial charge in [0.2, 0.25) is 5.91 Å². The number of anilines is 1. The van der Waals surface area contributed by atoms with Crippen LogP contribution in [0.2, 0.25) is 0 Å². The molecule has 1 aliphatic rings. The van der Waals surface area contributed by atoms with Gasteiger partial charge >= 0.3 is 0 Å². The van der Waals surface area contributed by atoms with E-state index in [-0.39, 0.29) is 11.4 Å². The third kappa shape index (κ3) is 4.06. The van der Waals surface area contributed by atoms with Crippen molar-refractivity contribution in [2.45, 2.75) is 32.6 Å². The minimum absolute atomic E-state index is 0.0816. The maximum atomic E-state index is 14.0. The van der Waals surface area contributed by atoms with E-state index in [2.05, 4.69) is 15.2 Å². The second kappa shape index (κ2) is 7.76. The van der Waals surface area contributed by atoms with Crippen molar-refractivity contribution in [2.24, 2.45) is 5.92 Å². The van der Waals surface area contributed by atoms with Crippen molar-refractivity contribution in [1.82, 2.24) is 10.3 Å². The van der Waals surface area contributed by atoms with E-state index in [1.54, 1.807) is 12.3 Å². The second-order valence-corrected chi connectivity index (χ2v) is 6.62. The summed E-state index contributed by atoms with van der Waals surface area (Å²) in [7, 11) is 0. The summed E-state index contributed by atoms with van der Waals surface area (Å²) in [5.41, 5.74) is 0.991. The number of hydrogen-bond acceptors (Lipinski definition) is 3. The summed E-state index contributed by atoms with van der Waals surface area (Å²) in [6.07, 6.45) is 4.96. The first-order valence-electron chi connectivity index (χ1n) is 8.84. The van der Waals surface area contributed by atoms with Crippen LogP contribution < -0.4 is 10.2 Å². The summed E-state index contributed by atoms with van der Waals surface area (Å²) in [4.78, 5) is 17.9. The zero-order valence-electron chi connectivity index (χ0n) is 14.4. The maximum Gasteiger partial charge on any atom is 0.219 e. The number of fused-ring (bicyclic) bond motifs is 1. The molecule has 6 heteroatoms. The zero-order chi connectivity index (χ0) is 17.8. The van der Waals surface area contributed by atoms with Gasteiger partial charge in [0.15, 0.2) is 5.82 Å². The lowest BCUT2D eigenvalue weighted by Gasteiger charge is -2.35. The van der Waals surface area contributed by atoms with Gasteiger partial charge in [-0.05, 0) is 37.3 Å². The van der Waals surface area contributed by atoms with Gasteiger partial charge in [-0.25, -0.2) is 8.78 Å². The molecule has 2 heterocycles. The number of carbonyl (C=O) groups is 1. The molecule has 3 rings (SSSR count). The molecule has 1 amide bonds. The first-order valence-corrected chi connectivity index (χ1v) is 8.84. The van der Waals surface area contributed by atoms with E-state index in [9.17, 15) is 13.6 Å². The van der Waals surface area contributed by atoms with Gasteiger partial charge in [0.05, 0.1) is 0 Å². The molecule has 1 saturated heterocycles. The molecule has 0 spiro atoms. The molecule has 2 aromatic rings. The Kier molecular flexibility index (Phi) is 5.46. The molecule has 0 bridgehead atoms. The Hall–Kier alpha value is -2.24. The van der Waals surface area contributed by atoms with Crippen LogP contribution in [0.15, 0.2) is 24.4 Å². The molecule has 0 radical (unpaired) electrons. The number of amides is 1. The van der Waals surface area contributed by atoms with Crippen molar-refractivity contribution in [3.63, 3.8) is 0 Å². The number of halogens is 2. The van der Waals surface area contributed by atoms with Gasteiger partial charge in [-0.15, -0.1) is 0 Å². The SMILES string of the molecule is CCCC(=O)NCC1CCCN(c2ccnc3c(F)cc(F)cc23)C1. The van der Waals surface area contributed by atoms with Gasteiger partial charge in [-0.1, -0.05) is 6.92 Å². The lowest BCUT2D eigenvalue weighted by Crippen LogP contribution is -2.41. The molecule has 134 valence electrons. The molecule has 4 nitrogen and oxygen atoms in total. The Balaban J connectivity index is 1.77. The Morgan fingerprint density at radius 3 is 3.04 bits per heavy atom. The normalized spacial score (nSPS) is 17.7. The van der Waals surface area contributed by atoms with E-state index < -0.39 is 11.6 Å². The van der Waals surface area contributed by atoms with Crippen LogP contribution in [0.1, 0.15) is 32.6 Å². The summed E-state index contributed by atoms with van der Waals surface area (Å²) in [5.74, 6) is -0.828. The van der Waals surface area contributed by atoms with Crippen molar-refractivity contribution in [2.75, 3.05) is 24.5 Å². The summed E-state index contributed by atoms with van der Waals surface area (Å²) >= 11 is 0. The smallest absolute Gasteiger partial charge is 0.219 e. The van der Waals surface area contributed by atoms with Crippen LogP contribution in [-0.4, -0.2) is 30.5 Å². The molecule has 1 fully saturated rings. The largest absolute Gasteiger partial charge is 0.371 e. The van der Waals surface area contributed by atoms with E-state index in [0.717, 1.165) is 44.1 Å². The third-order valence-electron chi connectivity index (χ3n) is 4.66. The Bertz CT molecular complexity index is 766. The first kappa shape index (κ1) is 17.6. The van der Waals surface area contributed by atoms with Gasteiger partial charge in [0.1, 0.15) is 11.3 Å². The van der Waals surface area contributed by atoms with Crippen molar-refractivity contribution in [3.8, 4) is 0 Å². The molecule has 1 unspecified atom stereocenters. The fourth-order valence-electron chi connectivity index (χ4n) is 3.46. The minimum Gasteiger partial charge on any atom is -0.371 e. The van der Waals surface area contributed by atoms with Gasteiger partial charge < -0.3 is 10.2 Å². The Morgan fingerprint density at radius 2 is 2.24 bits per heavy atom. The molecule has 0 saturated carbocycles. The first-order chi connectivity index (χ1) is 12.1. The standard InChI is InChI=1S/C19H23F2N3O/c1-2-4-18(25)23-11-13-5-3-8-24(12-13)17-6-7-22-19-15(17)9-14(20)10-16(19)21/h6-7,9-10,13H,2-5,8,11-12H2,1H3,(H,23,25). The Morgan fingerprint density at radius 1 is 1.40 bits per heavy atom. The average Bonchev–Trinajstić information content (AvgIpc) is 2.60. The van der Waals surface area contributed by atoms with Crippen molar-refractivity contribution >= 4 is 22.5 Å². The highest BCUT2D eigenvalue weighted by Crippen LogP contribution is 2.31. The topological polar surface area (TPSA) is 45.2 Å². The van der Waals surface area contributed by atoms with Crippen molar-refractivity contribution in [3.05, 3.63) is 36.0 Å². The molecule has 1 atom stereocenters. The van der Waals surface area contributed by atoms with Crippen molar-refractivity contribution < 1.29 is 13.6 Å².